The van der Waals surface area contributed by atoms with Crippen molar-refractivity contribution >= 4 is 57.1 Å². The number of halogens is 2. The zero-order valence-corrected chi connectivity index (χ0v) is 19.5. The van der Waals surface area contributed by atoms with E-state index in [0.29, 0.717) is 33.2 Å². The van der Waals surface area contributed by atoms with Crippen molar-refractivity contribution in [3.8, 4) is 23.8 Å². The van der Waals surface area contributed by atoms with E-state index in [4.69, 9.17) is 27.5 Å². The number of terminal acetylenes is 1. The lowest BCUT2D eigenvalue weighted by atomic mass is 10.1. The molecular weight excluding hydrogens is 500 g/mol. The van der Waals surface area contributed by atoms with E-state index in [0.717, 1.165) is 10.5 Å². The van der Waals surface area contributed by atoms with Gasteiger partial charge in [0.15, 0.2) is 11.5 Å². The maximum absolute atomic E-state index is 13.1. The van der Waals surface area contributed by atoms with Gasteiger partial charge in [-0.3, -0.25) is 14.9 Å². The zero-order valence-electron chi connectivity index (χ0n) is 17.2. The molecule has 0 aromatic heterocycles. The minimum atomic E-state index is -0.855. The summed E-state index contributed by atoms with van der Waals surface area (Å²) in [6, 6.07) is 7.14. The van der Waals surface area contributed by atoms with Gasteiger partial charge in [0.05, 0.1) is 16.8 Å². The van der Waals surface area contributed by atoms with Gasteiger partial charge in [-0.25, -0.2) is 9.69 Å². The van der Waals surface area contributed by atoms with Crippen LogP contribution in [0, 0.1) is 19.3 Å². The summed E-state index contributed by atoms with van der Waals surface area (Å²) in [5.74, 6) is 1.58. The van der Waals surface area contributed by atoms with Crippen LogP contribution in [0.15, 0.2) is 40.4 Å². The zero-order chi connectivity index (χ0) is 23.4. The molecule has 0 spiro atoms. The van der Waals surface area contributed by atoms with Crippen molar-refractivity contribution in [3.63, 3.8) is 0 Å². The standard InChI is InChI=1S/C23H18BrClN2O5/c1-4-8-32-20-17(24)10-14(11-19(20)31-5-2)9-16-21(28)26-23(30)27(22(16)29)15-7-6-13(3)18(25)12-15/h1,6-7,9-12H,5,8H2,2-3H3,(H,26,28,30)/b16-9-. The van der Waals surface area contributed by atoms with Crippen LogP contribution in [0.3, 0.4) is 0 Å². The van der Waals surface area contributed by atoms with Crippen LogP contribution in [0.5, 0.6) is 11.5 Å². The fraction of sp³-hybridized carbons (Fsp3) is 0.174. The number of imide groups is 2. The molecule has 2 aromatic carbocycles. The second-order valence-electron chi connectivity index (χ2n) is 6.65. The SMILES string of the molecule is C#CCOc1c(Br)cc(/C=C2/C(=O)NC(=O)N(c3ccc(C)c(Cl)c3)C2=O)cc1OCC. The van der Waals surface area contributed by atoms with Crippen molar-refractivity contribution in [2.45, 2.75) is 13.8 Å². The van der Waals surface area contributed by atoms with E-state index in [9.17, 15) is 14.4 Å². The Balaban J connectivity index is 2.03. The molecule has 1 fully saturated rings. The Kier molecular flexibility index (Phi) is 7.23. The third kappa shape index (κ3) is 4.79. The third-order valence-electron chi connectivity index (χ3n) is 4.46. The average molecular weight is 518 g/mol. The van der Waals surface area contributed by atoms with E-state index in [1.807, 2.05) is 0 Å². The van der Waals surface area contributed by atoms with Gasteiger partial charge in [0.1, 0.15) is 12.2 Å². The number of nitrogens with one attached hydrogen (secondary N) is 1. The summed E-state index contributed by atoms with van der Waals surface area (Å²) in [5.41, 5.74) is 1.28. The number of carbonyl (C=O) groups is 3. The van der Waals surface area contributed by atoms with E-state index in [1.165, 1.54) is 12.1 Å². The predicted molar refractivity (Wildman–Crippen MR) is 125 cm³/mol. The molecule has 9 heteroatoms. The second-order valence-corrected chi connectivity index (χ2v) is 7.91. The molecule has 1 aliphatic rings. The van der Waals surface area contributed by atoms with Crippen LogP contribution in [0.2, 0.25) is 5.02 Å². The van der Waals surface area contributed by atoms with E-state index in [1.54, 1.807) is 38.1 Å². The van der Waals surface area contributed by atoms with E-state index in [-0.39, 0.29) is 17.9 Å². The van der Waals surface area contributed by atoms with Crippen LogP contribution in [0.4, 0.5) is 10.5 Å². The van der Waals surface area contributed by atoms with Crippen molar-refractivity contribution in [2.75, 3.05) is 18.1 Å². The number of carbonyl (C=O) groups excluding carboxylic acids is 3. The van der Waals surface area contributed by atoms with Crippen molar-refractivity contribution in [2.24, 2.45) is 0 Å². The van der Waals surface area contributed by atoms with Gasteiger partial charge in [0.2, 0.25) is 0 Å². The third-order valence-corrected chi connectivity index (χ3v) is 5.45. The van der Waals surface area contributed by atoms with E-state index in [2.05, 4.69) is 27.2 Å². The first-order valence-corrected chi connectivity index (χ1v) is 10.6. The maximum atomic E-state index is 13.1. The predicted octanol–water partition coefficient (Wildman–Crippen LogP) is 4.49. The number of hydrogen-bond donors (Lipinski definition) is 1. The Labute approximate surface area is 198 Å². The van der Waals surface area contributed by atoms with Gasteiger partial charge in [-0.1, -0.05) is 23.6 Å². The number of amides is 4. The lowest BCUT2D eigenvalue weighted by molar-refractivity contribution is -0.122. The topological polar surface area (TPSA) is 84.9 Å². The molecular formula is C23H18BrClN2O5. The van der Waals surface area contributed by atoms with Crippen molar-refractivity contribution in [1.29, 1.82) is 0 Å². The molecule has 0 radical (unpaired) electrons. The van der Waals surface area contributed by atoms with Crippen molar-refractivity contribution < 1.29 is 23.9 Å². The molecule has 1 saturated heterocycles. The summed E-state index contributed by atoms with van der Waals surface area (Å²) in [6.07, 6.45) is 6.63. The highest BCUT2D eigenvalue weighted by Crippen LogP contribution is 2.38. The summed E-state index contributed by atoms with van der Waals surface area (Å²) in [5, 5.41) is 2.57. The van der Waals surface area contributed by atoms with Crippen LogP contribution in [0.25, 0.3) is 6.08 Å². The molecule has 32 heavy (non-hydrogen) atoms. The van der Waals surface area contributed by atoms with Gasteiger partial charge in [-0.15, -0.1) is 6.42 Å². The first kappa shape index (κ1) is 23.4. The van der Waals surface area contributed by atoms with Gasteiger partial charge in [0.25, 0.3) is 11.8 Å². The first-order chi connectivity index (χ1) is 15.3. The molecule has 3 rings (SSSR count). The Morgan fingerprint density at radius 2 is 1.97 bits per heavy atom. The molecule has 4 amide bonds. The fourth-order valence-electron chi connectivity index (χ4n) is 2.97. The van der Waals surface area contributed by atoms with Crippen LogP contribution < -0.4 is 19.7 Å². The highest BCUT2D eigenvalue weighted by atomic mass is 79.9. The van der Waals surface area contributed by atoms with Gasteiger partial charge in [-0.2, -0.15) is 0 Å². The number of hydrogen-bond acceptors (Lipinski definition) is 5. The highest BCUT2D eigenvalue weighted by molar-refractivity contribution is 9.10. The Hall–Kier alpha value is -3.28. The highest BCUT2D eigenvalue weighted by Gasteiger charge is 2.37. The Morgan fingerprint density at radius 3 is 2.62 bits per heavy atom. The number of aryl methyl sites for hydroxylation is 1. The quantitative estimate of drug-likeness (QED) is 0.347. The van der Waals surface area contributed by atoms with Gasteiger partial charge >= 0.3 is 6.03 Å². The van der Waals surface area contributed by atoms with E-state index < -0.39 is 17.8 Å². The molecule has 164 valence electrons. The van der Waals surface area contributed by atoms with Crippen LogP contribution >= 0.6 is 27.5 Å². The van der Waals surface area contributed by atoms with Crippen LogP contribution in [-0.2, 0) is 9.59 Å². The average Bonchev–Trinajstić information content (AvgIpc) is 2.73. The number of benzene rings is 2. The summed E-state index contributed by atoms with van der Waals surface area (Å²) < 4.78 is 11.7. The number of nitrogens with zero attached hydrogens (tertiary/aromatic N) is 1. The number of rotatable bonds is 6. The van der Waals surface area contributed by atoms with Crippen molar-refractivity contribution in [3.05, 3.63) is 56.5 Å². The summed E-state index contributed by atoms with van der Waals surface area (Å²) in [7, 11) is 0. The van der Waals surface area contributed by atoms with Gasteiger partial charge in [0, 0.05) is 5.02 Å². The molecule has 1 aliphatic heterocycles. The minimum Gasteiger partial charge on any atom is -0.490 e. The number of ether oxygens (including phenoxy) is 2. The molecule has 0 saturated carbocycles. The molecule has 1 N–H and O–H groups in total. The molecule has 7 nitrogen and oxygen atoms in total. The minimum absolute atomic E-state index is 0.0379. The molecule has 0 unspecified atom stereocenters. The van der Waals surface area contributed by atoms with Crippen LogP contribution in [0.1, 0.15) is 18.1 Å². The summed E-state index contributed by atoms with van der Waals surface area (Å²) in [6.45, 7) is 3.99. The Morgan fingerprint density at radius 1 is 1.22 bits per heavy atom. The molecule has 0 aliphatic carbocycles. The number of anilines is 1. The fourth-order valence-corrected chi connectivity index (χ4v) is 3.72. The Bertz CT molecular complexity index is 1190. The molecule has 0 atom stereocenters. The first-order valence-electron chi connectivity index (χ1n) is 9.47. The summed E-state index contributed by atoms with van der Waals surface area (Å²) >= 11 is 9.54. The maximum Gasteiger partial charge on any atom is 0.335 e. The number of urea groups is 1. The molecule has 1 heterocycles. The second kappa shape index (κ2) is 9.90. The normalized spacial score (nSPS) is 14.9. The number of barbiturate groups is 1. The summed E-state index contributed by atoms with van der Waals surface area (Å²) in [4.78, 5) is 38.8. The molecule has 2 aromatic rings. The van der Waals surface area contributed by atoms with Crippen LogP contribution in [-0.4, -0.2) is 31.1 Å². The van der Waals surface area contributed by atoms with Crippen molar-refractivity contribution in [1.82, 2.24) is 5.32 Å². The lowest BCUT2D eigenvalue weighted by Gasteiger charge is -2.26. The van der Waals surface area contributed by atoms with Gasteiger partial charge in [-0.05, 0) is 71.2 Å². The lowest BCUT2D eigenvalue weighted by Crippen LogP contribution is -2.54. The van der Waals surface area contributed by atoms with E-state index >= 15 is 0 Å². The van der Waals surface area contributed by atoms with Gasteiger partial charge < -0.3 is 9.47 Å². The monoisotopic (exact) mass is 516 g/mol. The largest absolute Gasteiger partial charge is 0.490 e. The smallest absolute Gasteiger partial charge is 0.335 e. The molecule has 0 bridgehead atoms.